The molecule has 0 unspecified atom stereocenters. The van der Waals surface area contributed by atoms with Gasteiger partial charge in [0.25, 0.3) is 0 Å². The van der Waals surface area contributed by atoms with E-state index in [1.807, 2.05) is 67.7 Å². The van der Waals surface area contributed by atoms with Gasteiger partial charge in [0.05, 0.1) is 22.4 Å². The molecule has 2 saturated heterocycles. The minimum atomic E-state index is -0.455. The molecule has 1 aromatic heterocycles. The fraction of sp³-hybridized carbons (Fsp3) is 0.750. The Kier molecular flexibility index (Phi) is 3.63. The Morgan fingerprint density at radius 1 is 0.696 bits per heavy atom. The van der Waals surface area contributed by atoms with Crippen LogP contribution in [0.1, 0.15) is 55.4 Å². The maximum atomic E-state index is 6.16. The van der Waals surface area contributed by atoms with Gasteiger partial charge in [-0.25, -0.2) is 0 Å². The Morgan fingerprint density at radius 2 is 1.09 bits per heavy atom. The van der Waals surface area contributed by atoms with Crippen LogP contribution in [0.4, 0.5) is 0 Å². The minimum Gasteiger partial charge on any atom is -0.399 e. The normalized spacial score (nSPS) is 27.7. The molecule has 0 amide bonds. The second kappa shape index (κ2) is 4.88. The van der Waals surface area contributed by atoms with E-state index in [0.717, 1.165) is 11.1 Å². The molecule has 0 saturated carbocycles. The van der Waals surface area contributed by atoms with Crippen molar-refractivity contribution in [2.75, 3.05) is 0 Å². The Bertz CT molecular complexity index is 526. The first kappa shape index (κ1) is 17.1. The number of aromatic nitrogens is 1. The maximum Gasteiger partial charge on any atom is 0.511 e. The van der Waals surface area contributed by atoms with Gasteiger partial charge < -0.3 is 23.6 Å². The Morgan fingerprint density at radius 3 is 1.52 bits per heavy atom. The summed E-state index contributed by atoms with van der Waals surface area (Å²) in [4.78, 5) is 3.24. The first-order valence-electron chi connectivity index (χ1n) is 8.25. The van der Waals surface area contributed by atoms with E-state index >= 15 is 0 Å². The second-order valence-corrected chi connectivity index (χ2v) is 8.52. The van der Waals surface area contributed by atoms with Crippen molar-refractivity contribution in [1.82, 2.24) is 4.98 Å². The third-order valence-electron chi connectivity index (χ3n) is 5.81. The average Bonchev–Trinajstić information content (AvgIpc) is 2.96. The molecule has 126 valence electrons. The monoisotopic (exact) mass is 319 g/mol. The molecule has 3 rings (SSSR count). The SMILES string of the molecule is CC1(C)OB(c2cc[nH]c2B2OC(C)(C)C(C)(C)O2)OC1(C)C. The molecule has 1 aromatic rings. The van der Waals surface area contributed by atoms with Crippen molar-refractivity contribution in [2.24, 2.45) is 0 Å². The van der Waals surface area contributed by atoms with Crippen LogP contribution in [0.15, 0.2) is 12.3 Å². The molecule has 23 heavy (non-hydrogen) atoms. The molecule has 2 fully saturated rings. The largest absolute Gasteiger partial charge is 0.511 e. The molecule has 1 N–H and O–H groups in total. The molecule has 0 aromatic carbocycles. The molecule has 5 nitrogen and oxygen atoms in total. The van der Waals surface area contributed by atoms with Crippen molar-refractivity contribution >= 4 is 25.3 Å². The summed E-state index contributed by atoms with van der Waals surface area (Å²) in [7, 11) is -0.885. The number of rotatable bonds is 2. The van der Waals surface area contributed by atoms with Crippen molar-refractivity contribution in [3.8, 4) is 0 Å². The van der Waals surface area contributed by atoms with E-state index in [4.69, 9.17) is 18.6 Å². The second-order valence-electron chi connectivity index (χ2n) is 8.52. The highest BCUT2D eigenvalue weighted by Gasteiger charge is 2.56. The van der Waals surface area contributed by atoms with Crippen LogP contribution in [0.25, 0.3) is 0 Å². The van der Waals surface area contributed by atoms with Crippen molar-refractivity contribution in [3.05, 3.63) is 12.3 Å². The molecule has 0 radical (unpaired) electrons. The van der Waals surface area contributed by atoms with Crippen LogP contribution < -0.4 is 11.1 Å². The van der Waals surface area contributed by atoms with E-state index in [1.54, 1.807) is 0 Å². The molecule has 7 heteroatoms. The zero-order valence-electron chi connectivity index (χ0n) is 15.4. The van der Waals surface area contributed by atoms with E-state index in [0.29, 0.717) is 0 Å². The molecule has 0 atom stereocenters. The molecule has 2 aliphatic heterocycles. The van der Waals surface area contributed by atoms with E-state index in [-0.39, 0.29) is 22.4 Å². The van der Waals surface area contributed by atoms with Gasteiger partial charge in [0.1, 0.15) is 0 Å². The number of hydrogen-bond donors (Lipinski definition) is 1. The average molecular weight is 319 g/mol. The fourth-order valence-electron chi connectivity index (χ4n) is 2.73. The summed E-state index contributed by atoms with van der Waals surface area (Å²) in [5.41, 5.74) is 0.292. The van der Waals surface area contributed by atoms with Crippen LogP contribution in [0.5, 0.6) is 0 Å². The molecule has 2 aliphatic rings. The lowest BCUT2D eigenvalue weighted by atomic mass is 9.69. The summed E-state index contributed by atoms with van der Waals surface area (Å²) in [6.07, 6.45) is 1.88. The van der Waals surface area contributed by atoms with Gasteiger partial charge in [-0.2, -0.15) is 0 Å². The topological polar surface area (TPSA) is 52.7 Å². The number of H-pyrrole nitrogens is 1. The zero-order valence-corrected chi connectivity index (χ0v) is 15.4. The van der Waals surface area contributed by atoms with E-state index in [2.05, 4.69) is 4.98 Å². The van der Waals surface area contributed by atoms with E-state index in [1.165, 1.54) is 0 Å². The fourth-order valence-corrected chi connectivity index (χ4v) is 2.73. The Hall–Kier alpha value is -0.750. The molecule has 0 bridgehead atoms. The lowest BCUT2D eigenvalue weighted by molar-refractivity contribution is 0.00578. The van der Waals surface area contributed by atoms with Gasteiger partial charge in [0.2, 0.25) is 0 Å². The first-order valence-corrected chi connectivity index (χ1v) is 8.25. The molecular formula is C16H27B2NO4. The standard InChI is InChI=1S/C16H27B2NO4/c1-13(2)14(3,4)21-17(20-13)11-9-10-19-12(11)18-22-15(5,6)16(7,8)23-18/h9-10,19H,1-8H3. The Labute approximate surface area is 139 Å². The quantitative estimate of drug-likeness (QED) is 0.842. The van der Waals surface area contributed by atoms with Crippen LogP contribution >= 0.6 is 0 Å². The highest BCUT2D eigenvalue weighted by atomic mass is 16.7. The van der Waals surface area contributed by atoms with Crippen LogP contribution in [0.3, 0.4) is 0 Å². The van der Waals surface area contributed by atoms with E-state index < -0.39 is 14.2 Å². The summed E-state index contributed by atoms with van der Waals surface area (Å²) in [6.45, 7) is 16.4. The third-order valence-corrected chi connectivity index (χ3v) is 5.81. The summed E-state index contributed by atoms with van der Waals surface area (Å²) < 4.78 is 24.6. The molecule has 0 spiro atoms. The lowest BCUT2D eigenvalue weighted by Gasteiger charge is -2.32. The predicted molar refractivity (Wildman–Crippen MR) is 92.2 cm³/mol. The lowest BCUT2D eigenvalue weighted by Crippen LogP contribution is -2.51. The minimum absolute atomic E-state index is 0.373. The Balaban J connectivity index is 1.88. The van der Waals surface area contributed by atoms with Crippen LogP contribution in [-0.2, 0) is 18.6 Å². The van der Waals surface area contributed by atoms with Crippen molar-refractivity contribution in [1.29, 1.82) is 0 Å². The predicted octanol–water partition coefficient (Wildman–Crippen LogP) is 1.61. The van der Waals surface area contributed by atoms with Gasteiger partial charge in [0, 0.05) is 5.59 Å². The van der Waals surface area contributed by atoms with Gasteiger partial charge in [-0.05, 0) is 73.1 Å². The van der Waals surface area contributed by atoms with Crippen LogP contribution in [-0.4, -0.2) is 41.6 Å². The summed E-state index contributed by atoms with van der Waals surface area (Å²) in [6, 6.07) is 1.97. The van der Waals surface area contributed by atoms with Crippen LogP contribution in [0.2, 0.25) is 0 Å². The number of nitrogens with one attached hydrogen (secondary N) is 1. The smallest absolute Gasteiger partial charge is 0.399 e. The van der Waals surface area contributed by atoms with Crippen LogP contribution in [0, 0.1) is 0 Å². The summed E-state index contributed by atoms with van der Waals surface area (Å²) in [5, 5.41) is 0. The zero-order chi connectivity index (χ0) is 17.3. The molecular weight excluding hydrogens is 292 g/mol. The molecule has 0 aliphatic carbocycles. The van der Waals surface area contributed by atoms with Gasteiger partial charge in [-0.3, -0.25) is 0 Å². The van der Waals surface area contributed by atoms with Crippen molar-refractivity contribution in [3.63, 3.8) is 0 Å². The summed E-state index contributed by atoms with van der Waals surface area (Å²) >= 11 is 0. The maximum absolute atomic E-state index is 6.16. The highest BCUT2D eigenvalue weighted by molar-refractivity contribution is 6.74. The third kappa shape index (κ3) is 2.58. The number of hydrogen-bond acceptors (Lipinski definition) is 4. The number of aromatic amines is 1. The molecule has 3 heterocycles. The van der Waals surface area contributed by atoms with Crippen molar-refractivity contribution < 1.29 is 18.6 Å². The first-order chi connectivity index (χ1) is 10.4. The highest BCUT2D eigenvalue weighted by Crippen LogP contribution is 2.38. The van der Waals surface area contributed by atoms with Crippen molar-refractivity contribution in [2.45, 2.75) is 77.8 Å². The van der Waals surface area contributed by atoms with Gasteiger partial charge in [-0.1, -0.05) is 0 Å². The van der Waals surface area contributed by atoms with Gasteiger partial charge in [0.15, 0.2) is 0 Å². The van der Waals surface area contributed by atoms with E-state index in [9.17, 15) is 0 Å². The van der Waals surface area contributed by atoms with Gasteiger partial charge in [-0.15, -0.1) is 0 Å². The summed E-state index contributed by atoms with van der Waals surface area (Å²) in [5.74, 6) is 0. The van der Waals surface area contributed by atoms with Gasteiger partial charge >= 0.3 is 14.2 Å².